The summed E-state index contributed by atoms with van der Waals surface area (Å²) in [7, 11) is 0. The molecule has 1 aliphatic rings. The van der Waals surface area contributed by atoms with E-state index in [1.807, 2.05) is 27.7 Å². The minimum Gasteiger partial charge on any atom is -1.00 e. The van der Waals surface area contributed by atoms with E-state index < -0.39 is 6.76 Å². The Balaban J connectivity index is -0.000000125. The van der Waals surface area contributed by atoms with Crippen LogP contribution in [0.25, 0.3) is 0 Å². The predicted octanol–water partition coefficient (Wildman–Crippen LogP) is -5.03. The summed E-state index contributed by atoms with van der Waals surface area (Å²) < 4.78 is 10.6. The van der Waals surface area contributed by atoms with Crippen LogP contribution in [0.15, 0.2) is 0 Å². The Hall–Kier alpha value is 1.65. The Labute approximate surface area is 133 Å². The molecule has 0 bridgehead atoms. The van der Waals surface area contributed by atoms with E-state index in [2.05, 4.69) is 0 Å². The first-order valence-corrected chi connectivity index (χ1v) is 3.46. The third-order valence-electron chi connectivity index (χ3n) is 2.27. The molecule has 0 aromatic carbocycles. The van der Waals surface area contributed by atoms with Crippen LogP contribution in [0.5, 0.6) is 0 Å². The topological polar surface area (TPSA) is 18.5 Å². The summed E-state index contributed by atoms with van der Waals surface area (Å²) in [5, 5.41) is 0. The van der Waals surface area contributed by atoms with Crippen LogP contribution in [-0.4, -0.2) is 24.4 Å². The van der Waals surface area contributed by atoms with Gasteiger partial charge >= 0.3 is 6.76 Å². The molecule has 1 aliphatic heterocycles. The molecule has 0 aromatic heterocycles. The molecule has 2 nitrogen and oxygen atoms in total. The van der Waals surface area contributed by atoms with Gasteiger partial charge in [0.1, 0.15) is 0 Å². The number of halogens is 2. The van der Waals surface area contributed by atoms with Crippen LogP contribution < -0.4 is 34.0 Å². The molecule has 76 valence electrons. The Bertz CT molecular complexity index is 171. The fraction of sp³-hybridized carbons (Fsp3) is 0.857. The van der Waals surface area contributed by atoms with E-state index in [9.17, 15) is 0 Å². The fourth-order valence-electron chi connectivity index (χ4n) is 0.889. The molecule has 1 fully saturated rings. The number of hydrogen-bond donors (Lipinski definition) is 0. The number of hydrogen-bond acceptors (Lipinski definition) is 2. The third-order valence-corrected chi connectivity index (χ3v) is 2.27. The standard InChI is InChI=1S/C7H13BO2.2BrH.2Zn/c1-6(2)7(3,4)10-8(5)9-6;;;;/h5H,1-4H3;2*1H;;/p-2. The Kier molecular flexibility index (Phi) is 13.9. The SMILES string of the molecule is [Br-].[Br-].[CH+]=[B-]1OC(C)(C)C(C)(C)O1.[Zn].[Zn]. The van der Waals surface area contributed by atoms with E-state index >= 15 is 0 Å². The smallest absolute Gasteiger partial charge is 0.590 e. The maximum Gasteiger partial charge on any atom is 0.590 e. The molecule has 0 atom stereocenters. The van der Waals surface area contributed by atoms with Crippen LogP contribution in [0, 0.1) is 0 Å². The van der Waals surface area contributed by atoms with Gasteiger partial charge in [-0.15, -0.1) is 0 Å². The molecule has 0 saturated carbocycles. The van der Waals surface area contributed by atoms with E-state index in [-0.39, 0.29) is 84.1 Å². The summed E-state index contributed by atoms with van der Waals surface area (Å²) >= 11 is 0. The van der Waals surface area contributed by atoms with Crippen LogP contribution in [0.3, 0.4) is 0 Å². The zero-order valence-corrected chi connectivity index (χ0v) is 18.2. The average Bonchev–Trinajstić information content (AvgIpc) is 1.73. The van der Waals surface area contributed by atoms with Gasteiger partial charge in [-0.3, -0.25) is 0 Å². The Morgan fingerprint density at radius 1 is 0.857 bits per heavy atom. The summed E-state index contributed by atoms with van der Waals surface area (Å²) in [5.41, 5.74) is -0.571. The molecule has 1 heterocycles. The summed E-state index contributed by atoms with van der Waals surface area (Å²) in [6.45, 7) is 12.8. The van der Waals surface area contributed by atoms with Gasteiger partial charge in [0.25, 0.3) is 0 Å². The van der Waals surface area contributed by atoms with E-state index in [1.165, 1.54) is 0 Å². The molecular formula is C7H13BBr2O2Zn2-2. The van der Waals surface area contributed by atoms with Gasteiger partial charge in [-0.2, -0.15) is 0 Å². The van der Waals surface area contributed by atoms with Crippen molar-refractivity contribution >= 4 is 13.2 Å². The maximum atomic E-state index is 5.44. The second-order valence-corrected chi connectivity index (χ2v) is 3.62. The second-order valence-electron chi connectivity index (χ2n) is 3.62. The molecule has 0 amide bonds. The summed E-state index contributed by atoms with van der Waals surface area (Å²) in [5.74, 6) is 0. The zero-order chi connectivity index (χ0) is 7.99. The molecule has 7 heteroatoms. The van der Waals surface area contributed by atoms with Crippen molar-refractivity contribution < 1.29 is 82.2 Å². The van der Waals surface area contributed by atoms with Crippen molar-refractivity contribution in [3.05, 3.63) is 0 Å². The van der Waals surface area contributed by atoms with Gasteiger partial charge in [-0.05, 0) is 27.7 Å². The van der Waals surface area contributed by atoms with Crippen molar-refractivity contribution in [3.8, 4) is 0 Å². The van der Waals surface area contributed by atoms with Crippen molar-refractivity contribution in [2.45, 2.75) is 38.9 Å². The van der Waals surface area contributed by atoms with Crippen LogP contribution in [0.1, 0.15) is 27.7 Å². The molecule has 0 N–H and O–H groups in total. The molecule has 0 unspecified atom stereocenters. The summed E-state index contributed by atoms with van der Waals surface area (Å²) in [4.78, 5) is 0. The molecular weight excluding hydrogens is 417 g/mol. The van der Waals surface area contributed by atoms with E-state index in [0.717, 1.165) is 0 Å². The minimum absolute atomic E-state index is 0. The molecule has 0 aliphatic carbocycles. The maximum absolute atomic E-state index is 5.44. The summed E-state index contributed by atoms with van der Waals surface area (Å²) in [6.07, 6.45) is 0. The van der Waals surface area contributed by atoms with Crippen molar-refractivity contribution in [3.63, 3.8) is 0 Å². The largest absolute Gasteiger partial charge is 1.00 e. The van der Waals surface area contributed by atoms with Crippen molar-refractivity contribution in [1.29, 1.82) is 0 Å². The molecule has 0 radical (unpaired) electrons. The monoisotopic (exact) mass is 426 g/mol. The van der Waals surface area contributed by atoms with Crippen molar-refractivity contribution in [1.82, 2.24) is 0 Å². The predicted molar refractivity (Wildman–Crippen MR) is 42.1 cm³/mol. The fourth-order valence-corrected chi connectivity index (χ4v) is 0.889. The van der Waals surface area contributed by atoms with Crippen molar-refractivity contribution in [2.24, 2.45) is 0 Å². The van der Waals surface area contributed by atoms with Gasteiger partial charge < -0.3 is 43.3 Å². The Morgan fingerprint density at radius 3 is 1.14 bits per heavy atom. The van der Waals surface area contributed by atoms with Crippen LogP contribution >= 0.6 is 0 Å². The van der Waals surface area contributed by atoms with Crippen LogP contribution in [-0.2, 0) is 48.3 Å². The second kappa shape index (κ2) is 7.85. The van der Waals surface area contributed by atoms with Gasteiger partial charge in [-0.1, -0.05) is 0 Å². The molecule has 1 rings (SSSR count). The zero-order valence-electron chi connectivity index (χ0n) is 9.14. The molecule has 14 heavy (non-hydrogen) atoms. The third kappa shape index (κ3) is 5.12. The first kappa shape index (κ1) is 24.7. The van der Waals surface area contributed by atoms with E-state index in [1.54, 1.807) is 0 Å². The van der Waals surface area contributed by atoms with Gasteiger partial charge in [-0.25, -0.2) is 0 Å². The van der Waals surface area contributed by atoms with Gasteiger partial charge in [0.15, 0.2) is 0 Å². The first-order valence-electron chi connectivity index (χ1n) is 3.46. The average molecular weight is 431 g/mol. The normalized spacial score (nSPS) is 19.5. The molecule has 0 aromatic rings. The van der Waals surface area contributed by atoms with Gasteiger partial charge in [0.2, 0.25) is 0 Å². The molecule has 0 spiro atoms. The van der Waals surface area contributed by atoms with Gasteiger partial charge in [0.05, 0.1) is 11.2 Å². The first-order chi connectivity index (χ1) is 4.35. The minimum atomic E-state index is -0.565. The quantitative estimate of drug-likeness (QED) is 0.283. The van der Waals surface area contributed by atoms with Crippen LogP contribution in [0.4, 0.5) is 0 Å². The van der Waals surface area contributed by atoms with E-state index in [0.29, 0.717) is 0 Å². The molecule has 1 saturated heterocycles. The van der Waals surface area contributed by atoms with Crippen LogP contribution in [0.2, 0.25) is 0 Å². The van der Waals surface area contributed by atoms with Crippen molar-refractivity contribution in [2.75, 3.05) is 0 Å². The Morgan fingerprint density at radius 2 is 1.07 bits per heavy atom. The summed E-state index contributed by atoms with van der Waals surface area (Å²) in [6, 6.07) is 0. The van der Waals surface area contributed by atoms with E-state index in [4.69, 9.17) is 15.8 Å². The van der Waals surface area contributed by atoms with Gasteiger partial charge in [0, 0.05) is 45.4 Å². The number of rotatable bonds is 0.